The first-order valence-electron chi connectivity index (χ1n) is 3.97. The van der Waals surface area contributed by atoms with Gasteiger partial charge in [-0.2, -0.15) is 0 Å². The summed E-state index contributed by atoms with van der Waals surface area (Å²) in [7, 11) is -6.98. The Hall–Kier alpha value is -0.860. The average Bonchev–Trinajstić information content (AvgIpc) is 2.16. The van der Waals surface area contributed by atoms with E-state index in [4.69, 9.17) is 11.6 Å². The molecule has 1 N–H and O–H groups in total. The molecule has 0 saturated carbocycles. The lowest BCUT2D eigenvalue weighted by Crippen LogP contribution is -2.13. The number of halogens is 1. The number of rotatable bonds is 4. The third kappa shape index (κ3) is 3.62. The van der Waals surface area contributed by atoms with E-state index in [1.807, 2.05) is 0 Å². The molecule has 9 heteroatoms. The molecular formula is C7H9ClN2O4S2. The summed E-state index contributed by atoms with van der Waals surface area (Å²) in [4.78, 5) is 3.61. The van der Waals surface area contributed by atoms with Crippen molar-refractivity contribution in [3.8, 4) is 0 Å². The van der Waals surface area contributed by atoms with Gasteiger partial charge in [0.2, 0.25) is 10.0 Å². The highest BCUT2D eigenvalue weighted by Crippen LogP contribution is 2.12. The number of nitrogens with zero attached hydrogens (tertiary/aromatic N) is 1. The maximum absolute atomic E-state index is 11.1. The van der Waals surface area contributed by atoms with Crippen LogP contribution in [0.4, 0.5) is 5.69 Å². The number of sulfonamides is 1. The molecule has 0 amide bonds. The number of hydrogen-bond acceptors (Lipinski definition) is 5. The molecule has 6 nitrogen and oxygen atoms in total. The van der Waals surface area contributed by atoms with E-state index in [0.29, 0.717) is 0 Å². The van der Waals surface area contributed by atoms with Crippen molar-refractivity contribution in [1.29, 1.82) is 0 Å². The van der Waals surface area contributed by atoms with Crippen molar-refractivity contribution in [3.05, 3.63) is 18.3 Å². The number of anilines is 1. The fraction of sp³-hybridized carbons (Fsp3) is 0.286. The van der Waals surface area contributed by atoms with Crippen LogP contribution in [0, 0.1) is 0 Å². The van der Waals surface area contributed by atoms with Crippen LogP contribution in [0.3, 0.4) is 0 Å². The van der Waals surface area contributed by atoms with E-state index in [2.05, 4.69) is 9.71 Å². The number of pyridine rings is 1. The van der Waals surface area contributed by atoms with E-state index in [1.165, 1.54) is 12.1 Å². The Morgan fingerprint density at radius 3 is 2.31 bits per heavy atom. The van der Waals surface area contributed by atoms with Crippen LogP contribution in [0.1, 0.15) is 0 Å². The van der Waals surface area contributed by atoms with E-state index < -0.39 is 25.1 Å². The van der Waals surface area contributed by atoms with Gasteiger partial charge in [0.15, 0.2) is 14.9 Å². The van der Waals surface area contributed by atoms with Crippen molar-refractivity contribution in [2.45, 2.75) is 5.03 Å². The Morgan fingerprint density at radius 1 is 1.31 bits per heavy atom. The summed E-state index contributed by atoms with van der Waals surface area (Å²) in [5.41, 5.74) is 0.160. The Balaban J connectivity index is 2.97. The predicted molar refractivity (Wildman–Crippen MR) is 60.6 cm³/mol. The van der Waals surface area contributed by atoms with Crippen LogP contribution < -0.4 is 4.72 Å². The van der Waals surface area contributed by atoms with Crippen LogP contribution in [0.2, 0.25) is 0 Å². The topological polar surface area (TPSA) is 93.2 Å². The number of alkyl halides is 1. The second-order valence-electron chi connectivity index (χ2n) is 2.98. The maximum atomic E-state index is 11.1. The van der Waals surface area contributed by atoms with Crippen LogP contribution >= 0.6 is 11.6 Å². The molecule has 0 atom stereocenters. The highest BCUT2D eigenvalue weighted by molar-refractivity contribution is 7.93. The standard InChI is InChI=1S/C7H9ClN2O4S2/c1-15(11,12)7-3-2-6(4-9-7)10-16(13,14)5-8/h2-4,10H,5H2,1H3. The Morgan fingerprint density at radius 2 is 1.94 bits per heavy atom. The van der Waals surface area contributed by atoms with Gasteiger partial charge < -0.3 is 0 Å². The number of aromatic nitrogens is 1. The Bertz CT molecular complexity index is 565. The van der Waals surface area contributed by atoms with E-state index in [-0.39, 0.29) is 10.7 Å². The second-order valence-corrected chi connectivity index (χ2v) is 7.25. The molecule has 16 heavy (non-hydrogen) atoms. The molecule has 0 aromatic carbocycles. The molecule has 1 rings (SSSR count). The van der Waals surface area contributed by atoms with Crippen LogP contribution in [-0.4, -0.2) is 33.3 Å². The highest BCUT2D eigenvalue weighted by Gasteiger charge is 2.11. The van der Waals surface area contributed by atoms with E-state index >= 15 is 0 Å². The lowest BCUT2D eigenvalue weighted by Gasteiger charge is -2.04. The molecular weight excluding hydrogens is 276 g/mol. The highest BCUT2D eigenvalue weighted by atomic mass is 35.5. The second kappa shape index (κ2) is 4.56. The number of nitrogens with one attached hydrogen (secondary N) is 1. The van der Waals surface area contributed by atoms with Gasteiger partial charge in [-0.25, -0.2) is 21.8 Å². The number of sulfone groups is 1. The van der Waals surface area contributed by atoms with Crippen molar-refractivity contribution < 1.29 is 16.8 Å². The first-order valence-corrected chi connectivity index (χ1v) is 8.05. The summed E-state index contributed by atoms with van der Waals surface area (Å²) in [5.74, 6) is 0. The van der Waals surface area contributed by atoms with E-state index in [9.17, 15) is 16.8 Å². The Labute approximate surface area is 98.6 Å². The largest absolute Gasteiger partial charge is 0.281 e. The summed E-state index contributed by atoms with van der Waals surface area (Å²) in [6.45, 7) is 0. The monoisotopic (exact) mass is 284 g/mol. The molecule has 1 aromatic rings. The lowest BCUT2D eigenvalue weighted by molar-refractivity contribution is 0.598. The fourth-order valence-electron chi connectivity index (χ4n) is 0.867. The van der Waals surface area contributed by atoms with Gasteiger partial charge >= 0.3 is 0 Å². The van der Waals surface area contributed by atoms with Crippen LogP contribution in [0.15, 0.2) is 23.4 Å². The molecule has 0 unspecified atom stereocenters. The van der Waals surface area contributed by atoms with Crippen LogP contribution in [0.5, 0.6) is 0 Å². The molecule has 1 aromatic heterocycles. The third-order valence-corrected chi connectivity index (χ3v) is 4.23. The lowest BCUT2D eigenvalue weighted by atomic mass is 10.4. The van der Waals surface area contributed by atoms with Crippen LogP contribution in [-0.2, 0) is 19.9 Å². The van der Waals surface area contributed by atoms with Gasteiger partial charge in [0.25, 0.3) is 0 Å². The zero-order chi connectivity index (χ0) is 12.4. The van der Waals surface area contributed by atoms with Crippen molar-refractivity contribution >= 4 is 37.1 Å². The molecule has 0 fully saturated rings. The molecule has 1 heterocycles. The molecule has 0 bridgehead atoms. The molecule has 0 radical (unpaired) electrons. The molecule has 90 valence electrons. The normalized spacial score (nSPS) is 12.4. The minimum Gasteiger partial charge on any atom is -0.281 e. The van der Waals surface area contributed by atoms with Gasteiger partial charge in [-0.3, -0.25) is 4.72 Å². The minimum atomic E-state index is -3.59. The van der Waals surface area contributed by atoms with E-state index in [1.54, 1.807) is 0 Å². The smallest absolute Gasteiger partial charge is 0.246 e. The molecule has 0 saturated heterocycles. The summed E-state index contributed by atoms with van der Waals surface area (Å²) in [6.07, 6.45) is 2.12. The summed E-state index contributed by atoms with van der Waals surface area (Å²) in [6, 6.07) is 2.51. The summed E-state index contributed by atoms with van der Waals surface area (Å²) in [5, 5.41) is -0.706. The SMILES string of the molecule is CS(=O)(=O)c1ccc(NS(=O)(=O)CCl)cn1. The predicted octanol–water partition coefficient (Wildman–Crippen LogP) is 0.423. The van der Waals surface area contributed by atoms with Gasteiger partial charge in [0.05, 0.1) is 11.9 Å². The van der Waals surface area contributed by atoms with Crippen molar-refractivity contribution in [1.82, 2.24) is 4.98 Å². The number of hydrogen-bond donors (Lipinski definition) is 1. The van der Waals surface area contributed by atoms with Crippen LogP contribution in [0.25, 0.3) is 0 Å². The average molecular weight is 285 g/mol. The molecule has 0 spiro atoms. The van der Waals surface area contributed by atoms with Crippen molar-refractivity contribution in [2.75, 3.05) is 16.2 Å². The zero-order valence-electron chi connectivity index (χ0n) is 8.21. The molecule has 0 aliphatic rings. The third-order valence-electron chi connectivity index (χ3n) is 1.53. The van der Waals surface area contributed by atoms with Gasteiger partial charge in [-0.1, -0.05) is 0 Å². The van der Waals surface area contributed by atoms with Gasteiger partial charge in [0, 0.05) is 6.26 Å². The van der Waals surface area contributed by atoms with Gasteiger partial charge in [-0.15, -0.1) is 11.6 Å². The summed E-state index contributed by atoms with van der Waals surface area (Å²) < 4.78 is 46.4. The first kappa shape index (κ1) is 13.2. The van der Waals surface area contributed by atoms with Crippen molar-refractivity contribution in [2.24, 2.45) is 0 Å². The fourth-order valence-corrected chi connectivity index (χ4v) is 2.12. The minimum absolute atomic E-state index is 0.124. The molecule has 0 aliphatic carbocycles. The Kier molecular flexibility index (Phi) is 3.76. The van der Waals surface area contributed by atoms with Gasteiger partial charge in [0.1, 0.15) is 5.21 Å². The van der Waals surface area contributed by atoms with E-state index in [0.717, 1.165) is 12.5 Å². The van der Waals surface area contributed by atoms with Gasteiger partial charge in [-0.05, 0) is 12.1 Å². The zero-order valence-corrected chi connectivity index (χ0v) is 10.6. The molecule has 0 aliphatic heterocycles. The maximum Gasteiger partial charge on any atom is 0.246 e. The quantitative estimate of drug-likeness (QED) is 0.809. The van der Waals surface area contributed by atoms with Crippen molar-refractivity contribution in [3.63, 3.8) is 0 Å². The summed E-state index contributed by atoms with van der Waals surface area (Å²) >= 11 is 5.18. The first-order chi connectivity index (χ1) is 7.24.